The van der Waals surface area contributed by atoms with Crippen molar-refractivity contribution in [3.63, 3.8) is 0 Å². The Kier molecular flexibility index (Phi) is 7.57. The van der Waals surface area contributed by atoms with Crippen molar-refractivity contribution in [2.24, 2.45) is 4.99 Å². The smallest absolute Gasteiger partial charge is 0.191 e. The second kappa shape index (κ2) is 8.92. The minimum Gasteiger partial charge on any atom is -0.365 e. The van der Waals surface area contributed by atoms with E-state index in [1.54, 1.807) is 18.0 Å². The molecule has 0 spiro atoms. The Morgan fingerprint density at radius 1 is 1.45 bits per heavy atom. The van der Waals surface area contributed by atoms with Gasteiger partial charge in [0.05, 0.1) is 0 Å². The summed E-state index contributed by atoms with van der Waals surface area (Å²) in [6.45, 7) is 5.38. The molecular weight excluding hydrogens is 401 g/mol. The maximum Gasteiger partial charge on any atom is 0.191 e. The number of benzene rings is 1. The fraction of sp³-hybridized carbons (Fsp3) is 0.400. The van der Waals surface area contributed by atoms with Crippen LogP contribution in [-0.2, 0) is 0 Å². The Morgan fingerprint density at radius 2 is 2.14 bits per heavy atom. The van der Waals surface area contributed by atoms with Crippen LogP contribution in [-0.4, -0.2) is 38.7 Å². The predicted octanol–water partition coefficient (Wildman–Crippen LogP) is 2.51. The van der Waals surface area contributed by atoms with Crippen molar-refractivity contribution < 1.29 is 8.78 Å². The highest BCUT2D eigenvalue weighted by molar-refractivity contribution is 14.0. The van der Waals surface area contributed by atoms with E-state index < -0.39 is 11.6 Å². The van der Waals surface area contributed by atoms with Gasteiger partial charge in [-0.05, 0) is 18.6 Å². The summed E-state index contributed by atoms with van der Waals surface area (Å²) in [5.41, 5.74) is 0.0517. The molecule has 1 aliphatic heterocycles. The Balaban J connectivity index is 0.00000242. The maximum atomic E-state index is 13.8. The van der Waals surface area contributed by atoms with Gasteiger partial charge in [-0.1, -0.05) is 12.1 Å². The Hall–Kier alpha value is -1.38. The van der Waals surface area contributed by atoms with Gasteiger partial charge >= 0.3 is 0 Å². The van der Waals surface area contributed by atoms with Crippen LogP contribution in [0.15, 0.2) is 35.8 Å². The molecule has 1 aliphatic rings. The Bertz CT molecular complexity index is 516. The molecule has 0 bridgehead atoms. The van der Waals surface area contributed by atoms with Crippen molar-refractivity contribution in [3.05, 3.63) is 42.5 Å². The summed E-state index contributed by atoms with van der Waals surface area (Å²) >= 11 is 0. The number of nitrogens with zero attached hydrogens (tertiary/aromatic N) is 2. The average Bonchev–Trinajstić information content (AvgIpc) is 2.91. The van der Waals surface area contributed by atoms with Gasteiger partial charge in [0.2, 0.25) is 0 Å². The fourth-order valence-electron chi connectivity index (χ4n) is 2.43. The first-order valence-corrected chi connectivity index (χ1v) is 6.92. The van der Waals surface area contributed by atoms with Crippen molar-refractivity contribution in [1.29, 1.82) is 0 Å². The number of para-hydroxylation sites is 1. The minimum atomic E-state index is -0.523. The molecular formula is C15H21F2IN4. The Labute approximate surface area is 146 Å². The first kappa shape index (κ1) is 18.7. The van der Waals surface area contributed by atoms with E-state index in [0.29, 0.717) is 25.6 Å². The van der Waals surface area contributed by atoms with Crippen LogP contribution in [0, 0.1) is 11.6 Å². The van der Waals surface area contributed by atoms with Gasteiger partial charge < -0.3 is 15.5 Å². The van der Waals surface area contributed by atoms with Gasteiger partial charge in [0.25, 0.3) is 0 Å². The molecule has 22 heavy (non-hydrogen) atoms. The van der Waals surface area contributed by atoms with E-state index in [4.69, 9.17) is 0 Å². The summed E-state index contributed by atoms with van der Waals surface area (Å²) in [7, 11) is 1.68. The second-order valence-corrected chi connectivity index (χ2v) is 4.89. The molecule has 2 N–H and O–H groups in total. The van der Waals surface area contributed by atoms with Gasteiger partial charge in [0.1, 0.15) is 17.3 Å². The van der Waals surface area contributed by atoms with Crippen LogP contribution < -0.4 is 15.5 Å². The molecule has 0 saturated carbocycles. The second-order valence-electron chi connectivity index (χ2n) is 4.89. The van der Waals surface area contributed by atoms with Crippen molar-refractivity contribution in [2.45, 2.75) is 12.5 Å². The zero-order valence-electron chi connectivity index (χ0n) is 12.5. The van der Waals surface area contributed by atoms with E-state index in [1.165, 1.54) is 18.2 Å². The lowest BCUT2D eigenvalue weighted by atomic mass is 10.2. The number of aliphatic imine (C=N–C) groups is 1. The molecule has 1 unspecified atom stereocenters. The minimum absolute atomic E-state index is 0. The third-order valence-electron chi connectivity index (χ3n) is 3.42. The number of guanidine groups is 1. The van der Waals surface area contributed by atoms with Crippen LogP contribution in [0.5, 0.6) is 0 Å². The summed E-state index contributed by atoms with van der Waals surface area (Å²) in [6, 6.07) is 4.04. The van der Waals surface area contributed by atoms with E-state index in [0.717, 1.165) is 6.42 Å². The van der Waals surface area contributed by atoms with Gasteiger partial charge in [0, 0.05) is 32.7 Å². The van der Waals surface area contributed by atoms with Gasteiger partial charge in [-0.3, -0.25) is 4.99 Å². The van der Waals surface area contributed by atoms with E-state index in [1.807, 2.05) is 0 Å². The highest BCUT2D eigenvalue weighted by Crippen LogP contribution is 2.26. The lowest BCUT2D eigenvalue weighted by Crippen LogP contribution is -2.44. The lowest BCUT2D eigenvalue weighted by molar-refractivity contribution is 0.576. The van der Waals surface area contributed by atoms with Gasteiger partial charge in [-0.25, -0.2) is 8.78 Å². The molecule has 7 heteroatoms. The quantitative estimate of drug-likeness (QED) is 0.339. The first-order valence-electron chi connectivity index (χ1n) is 6.92. The van der Waals surface area contributed by atoms with Crippen LogP contribution in [0.25, 0.3) is 0 Å². The van der Waals surface area contributed by atoms with E-state index in [2.05, 4.69) is 22.2 Å². The van der Waals surface area contributed by atoms with E-state index >= 15 is 0 Å². The van der Waals surface area contributed by atoms with Crippen LogP contribution in [0.2, 0.25) is 0 Å². The van der Waals surface area contributed by atoms with Gasteiger partial charge in [0.15, 0.2) is 5.96 Å². The standard InChI is InChI=1S/C15H20F2N4.HI/c1-3-8-19-15(18-2)20-11-7-9-21(10-11)14-12(16)5-4-6-13(14)17;/h3-6,11H,1,7-10H2,2H3,(H2,18,19,20);1H. The van der Waals surface area contributed by atoms with Crippen molar-refractivity contribution >= 4 is 35.6 Å². The monoisotopic (exact) mass is 422 g/mol. The largest absolute Gasteiger partial charge is 0.365 e. The molecule has 1 atom stereocenters. The molecule has 1 heterocycles. The van der Waals surface area contributed by atoms with Crippen molar-refractivity contribution in [1.82, 2.24) is 10.6 Å². The van der Waals surface area contributed by atoms with Crippen LogP contribution in [0.4, 0.5) is 14.5 Å². The molecule has 1 aromatic carbocycles. The van der Waals surface area contributed by atoms with Crippen LogP contribution in [0.3, 0.4) is 0 Å². The number of hydrogen-bond acceptors (Lipinski definition) is 2. The molecule has 1 saturated heterocycles. The highest BCUT2D eigenvalue weighted by atomic mass is 127. The average molecular weight is 422 g/mol. The summed E-state index contributed by atoms with van der Waals surface area (Å²) in [4.78, 5) is 5.83. The highest BCUT2D eigenvalue weighted by Gasteiger charge is 2.27. The first-order chi connectivity index (χ1) is 10.2. The summed E-state index contributed by atoms with van der Waals surface area (Å²) in [6.07, 6.45) is 2.53. The number of hydrogen-bond donors (Lipinski definition) is 2. The molecule has 4 nitrogen and oxygen atoms in total. The summed E-state index contributed by atoms with van der Waals surface area (Å²) < 4.78 is 27.6. The Morgan fingerprint density at radius 3 is 2.73 bits per heavy atom. The zero-order valence-corrected chi connectivity index (χ0v) is 14.8. The molecule has 0 amide bonds. The predicted molar refractivity (Wildman–Crippen MR) is 97.1 cm³/mol. The SMILES string of the molecule is C=CCNC(=NC)NC1CCN(c2c(F)cccc2F)C1.I. The van der Waals surface area contributed by atoms with Crippen LogP contribution >= 0.6 is 24.0 Å². The van der Waals surface area contributed by atoms with E-state index in [9.17, 15) is 8.78 Å². The molecule has 1 fully saturated rings. The van der Waals surface area contributed by atoms with Crippen molar-refractivity contribution in [2.75, 3.05) is 31.6 Å². The molecule has 1 aromatic rings. The molecule has 0 aromatic heterocycles. The van der Waals surface area contributed by atoms with Crippen LogP contribution in [0.1, 0.15) is 6.42 Å². The number of rotatable bonds is 4. The fourth-order valence-corrected chi connectivity index (χ4v) is 2.43. The number of halogens is 3. The molecule has 0 radical (unpaired) electrons. The normalized spacial score (nSPS) is 17.9. The third kappa shape index (κ3) is 4.56. The number of anilines is 1. The maximum absolute atomic E-state index is 13.8. The lowest BCUT2D eigenvalue weighted by Gasteiger charge is -2.21. The summed E-state index contributed by atoms with van der Waals surface area (Å²) in [5.74, 6) is -0.384. The molecule has 122 valence electrons. The molecule has 0 aliphatic carbocycles. The van der Waals surface area contributed by atoms with E-state index in [-0.39, 0.29) is 35.7 Å². The number of nitrogens with one attached hydrogen (secondary N) is 2. The van der Waals surface area contributed by atoms with Gasteiger partial charge in [-0.2, -0.15) is 0 Å². The topological polar surface area (TPSA) is 39.7 Å². The van der Waals surface area contributed by atoms with Gasteiger partial charge in [-0.15, -0.1) is 30.6 Å². The third-order valence-corrected chi connectivity index (χ3v) is 3.42. The van der Waals surface area contributed by atoms with Crippen molar-refractivity contribution in [3.8, 4) is 0 Å². The zero-order chi connectivity index (χ0) is 15.2. The molecule has 2 rings (SSSR count). The summed E-state index contributed by atoms with van der Waals surface area (Å²) in [5, 5.41) is 6.32.